The van der Waals surface area contributed by atoms with Crippen molar-refractivity contribution in [2.24, 2.45) is 5.10 Å². The molecule has 0 aliphatic carbocycles. The Balaban J connectivity index is 0.00000147. The SMILES string of the molecule is [W].[c-]1cccc(-c2ccc(N3CCCCC=N3)cc2)c1. The van der Waals surface area contributed by atoms with Crippen molar-refractivity contribution in [3.63, 3.8) is 0 Å². The third kappa shape index (κ3) is 3.58. The van der Waals surface area contributed by atoms with Crippen molar-refractivity contribution in [1.82, 2.24) is 0 Å². The molecule has 0 saturated heterocycles. The van der Waals surface area contributed by atoms with Crippen molar-refractivity contribution in [2.45, 2.75) is 19.3 Å². The van der Waals surface area contributed by atoms with Gasteiger partial charge >= 0.3 is 0 Å². The molecule has 0 aromatic heterocycles. The molecule has 20 heavy (non-hydrogen) atoms. The summed E-state index contributed by atoms with van der Waals surface area (Å²) in [5.41, 5.74) is 3.59. The molecule has 3 heteroatoms. The summed E-state index contributed by atoms with van der Waals surface area (Å²) in [5.74, 6) is 0. The third-order valence-electron chi connectivity index (χ3n) is 3.38. The normalized spacial score (nSPS) is 14.5. The smallest absolute Gasteiger partial charge is 0.0593 e. The summed E-state index contributed by atoms with van der Waals surface area (Å²) in [6, 6.07) is 19.8. The summed E-state index contributed by atoms with van der Waals surface area (Å²) in [7, 11) is 0. The molecule has 0 radical (unpaired) electrons. The minimum absolute atomic E-state index is 0. The topological polar surface area (TPSA) is 15.6 Å². The van der Waals surface area contributed by atoms with E-state index in [0.717, 1.165) is 13.0 Å². The van der Waals surface area contributed by atoms with Gasteiger partial charge in [-0.1, -0.05) is 17.7 Å². The van der Waals surface area contributed by atoms with Crippen molar-refractivity contribution in [3.05, 3.63) is 54.6 Å². The fourth-order valence-electron chi connectivity index (χ4n) is 2.31. The Morgan fingerprint density at radius 1 is 1.00 bits per heavy atom. The van der Waals surface area contributed by atoms with Crippen LogP contribution in [-0.4, -0.2) is 12.8 Å². The Kier molecular flexibility index (Phi) is 5.55. The van der Waals surface area contributed by atoms with Crippen molar-refractivity contribution >= 4 is 11.9 Å². The number of hydrogen-bond acceptors (Lipinski definition) is 2. The summed E-state index contributed by atoms with van der Waals surface area (Å²) in [4.78, 5) is 0. The number of anilines is 1. The summed E-state index contributed by atoms with van der Waals surface area (Å²) < 4.78 is 0. The van der Waals surface area contributed by atoms with Crippen LogP contribution in [0.15, 0.2) is 53.6 Å². The van der Waals surface area contributed by atoms with Crippen molar-refractivity contribution < 1.29 is 21.1 Å². The fourth-order valence-corrected chi connectivity index (χ4v) is 2.31. The van der Waals surface area contributed by atoms with Gasteiger partial charge in [0, 0.05) is 33.8 Å². The van der Waals surface area contributed by atoms with Crippen LogP contribution in [0.4, 0.5) is 5.69 Å². The first kappa shape index (κ1) is 15.0. The number of rotatable bonds is 2. The second-order valence-corrected chi connectivity index (χ2v) is 4.76. The molecule has 0 N–H and O–H groups in total. The fraction of sp³-hybridized carbons (Fsp3) is 0.235. The molecular formula is C17H17N2W-. The third-order valence-corrected chi connectivity index (χ3v) is 3.38. The molecule has 102 valence electrons. The Morgan fingerprint density at radius 3 is 2.60 bits per heavy atom. The van der Waals surface area contributed by atoms with Crippen LogP contribution in [0.25, 0.3) is 11.1 Å². The van der Waals surface area contributed by atoms with E-state index in [1.807, 2.05) is 24.4 Å². The van der Waals surface area contributed by atoms with E-state index in [-0.39, 0.29) is 21.1 Å². The average Bonchev–Trinajstić information content (AvgIpc) is 2.77. The first-order valence-corrected chi connectivity index (χ1v) is 6.80. The van der Waals surface area contributed by atoms with E-state index in [4.69, 9.17) is 0 Å². The molecule has 2 aromatic rings. The first-order valence-electron chi connectivity index (χ1n) is 6.80. The van der Waals surface area contributed by atoms with Gasteiger partial charge in [-0.15, -0.1) is 5.56 Å². The largest absolute Gasteiger partial charge is 0.266 e. The standard InChI is InChI=1S/C17H17N2.W/c1-3-7-15(8-4-1)16-9-11-17(12-10-16)19-14-6-2-5-13-18-19;/h1,3,7-13H,2,5-6,14H2;/q-1;. The molecule has 0 unspecified atom stereocenters. The van der Waals surface area contributed by atoms with Crippen LogP contribution in [0.1, 0.15) is 19.3 Å². The van der Waals surface area contributed by atoms with Gasteiger partial charge in [-0.2, -0.15) is 35.4 Å². The van der Waals surface area contributed by atoms with Gasteiger partial charge in [0.25, 0.3) is 0 Å². The molecule has 1 aliphatic heterocycles. The van der Waals surface area contributed by atoms with E-state index in [1.165, 1.54) is 29.7 Å². The number of hydrogen-bond donors (Lipinski definition) is 0. The second-order valence-electron chi connectivity index (χ2n) is 4.76. The van der Waals surface area contributed by atoms with Gasteiger partial charge in [-0.3, -0.25) is 5.01 Å². The van der Waals surface area contributed by atoms with Crippen LogP contribution < -0.4 is 5.01 Å². The predicted molar refractivity (Wildman–Crippen MR) is 80.4 cm³/mol. The minimum atomic E-state index is 0. The van der Waals surface area contributed by atoms with Gasteiger partial charge in [-0.05, 0) is 31.4 Å². The second kappa shape index (κ2) is 7.40. The molecule has 1 aliphatic rings. The average molecular weight is 433 g/mol. The van der Waals surface area contributed by atoms with Crippen LogP contribution in [0.2, 0.25) is 0 Å². The maximum absolute atomic E-state index is 4.50. The predicted octanol–water partition coefficient (Wildman–Crippen LogP) is 4.13. The molecular weight excluding hydrogens is 416 g/mol. The summed E-state index contributed by atoms with van der Waals surface area (Å²) in [6.45, 7) is 1.01. The number of hydrazone groups is 1. The maximum atomic E-state index is 4.50. The van der Waals surface area contributed by atoms with E-state index in [1.54, 1.807) is 0 Å². The number of nitrogens with zero attached hydrogens (tertiary/aromatic N) is 2. The zero-order chi connectivity index (χ0) is 12.9. The van der Waals surface area contributed by atoms with Crippen molar-refractivity contribution in [3.8, 4) is 11.1 Å². The van der Waals surface area contributed by atoms with E-state index in [9.17, 15) is 0 Å². The molecule has 2 aromatic carbocycles. The molecule has 0 atom stereocenters. The quantitative estimate of drug-likeness (QED) is 0.651. The van der Waals surface area contributed by atoms with Crippen LogP contribution in [0, 0.1) is 6.07 Å². The van der Waals surface area contributed by atoms with E-state index < -0.39 is 0 Å². The van der Waals surface area contributed by atoms with Gasteiger partial charge in [0.05, 0.1) is 5.69 Å². The van der Waals surface area contributed by atoms with Crippen molar-refractivity contribution in [2.75, 3.05) is 11.6 Å². The first-order chi connectivity index (χ1) is 9.43. The van der Waals surface area contributed by atoms with E-state index in [0.29, 0.717) is 0 Å². The Labute approximate surface area is 134 Å². The molecule has 3 rings (SSSR count). The van der Waals surface area contributed by atoms with Gasteiger partial charge in [0.15, 0.2) is 0 Å². The van der Waals surface area contributed by atoms with Crippen LogP contribution in [0.5, 0.6) is 0 Å². The molecule has 2 nitrogen and oxygen atoms in total. The number of benzene rings is 2. The van der Waals surface area contributed by atoms with Gasteiger partial charge in [-0.25, -0.2) is 0 Å². The minimum Gasteiger partial charge on any atom is -0.266 e. The molecule has 0 bridgehead atoms. The van der Waals surface area contributed by atoms with Gasteiger partial charge < -0.3 is 0 Å². The molecule has 1 heterocycles. The van der Waals surface area contributed by atoms with Crippen LogP contribution in [0.3, 0.4) is 0 Å². The summed E-state index contributed by atoms with van der Waals surface area (Å²) in [6.07, 6.45) is 5.55. The Bertz CT molecular complexity index is 549. The van der Waals surface area contributed by atoms with Gasteiger partial charge in [0.2, 0.25) is 0 Å². The monoisotopic (exact) mass is 433 g/mol. The summed E-state index contributed by atoms with van der Waals surface area (Å²) >= 11 is 0. The van der Waals surface area contributed by atoms with Crippen molar-refractivity contribution in [1.29, 1.82) is 0 Å². The summed E-state index contributed by atoms with van der Waals surface area (Å²) in [5, 5.41) is 6.59. The van der Waals surface area contributed by atoms with Crippen LogP contribution >= 0.6 is 0 Å². The Hall–Kier alpha value is -1.40. The van der Waals surface area contributed by atoms with E-state index in [2.05, 4.69) is 46.5 Å². The van der Waals surface area contributed by atoms with Crippen LogP contribution in [-0.2, 0) is 21.1 Å². The zero-order valence-electron chi connectivity index (χ0n) is 11.3. The Morgan fingerprint density at radius 2 is 1.85 bits per heavy atom. The molecule has 0 spiro atoms. The molecule has 0 saturated carbocycles. The molecule has 0 fully saturated rings. The maximum Gasteiger partial charge on any atom is 0.0593 e. The van der Waals surface area contributed by atoms with Gasteiger partial charge in [0.1, 0.15) is 0 Å². The molecule has 0 amide bonds. The van der Waals surface area contributed by atoms with E-state index >= 15 is 0 Å². The zero-order valence-corrected chi connectivity index (χ0v) is 14.3.